The van der Waals surface area contributed by atoms with E-state index in [1.165, 1.54) is 0 Å². The van der Waals surface area contributed by atoms with Crippen molar-refractivity contribution in [2.75, 3.05) is 13.1 Å². The van der Waals surface area contributed by atoms with Crippen LogP contribution in [0.15, 0.2) is 10.6 Å². The highest BCUT2D eigenvalue weighted by molar-refractivity contribution is 6.06. The molecule has 2 fully saturated rings. The average molecular weight is 314 g/mol. The number of rotatable bonds is 4. The number of carbonyl (C=O) groups is 1. The fraction of sp³-hybridized carbons (Fsp3) is 0.588. The molecule has 0 bridgehead atoms. The standard InChI is InChI=1S/C17H22N4O2/c1-9(2)15-14-12(16(22)19-11-5-6-18-8-11)7-13(10-3-4-10)20-17(14)23-21-15/h7,9-11,18H,3-6,8H2,1-2H3,(H,19,22). The van der Waals surface area contributed by atoms with Gasteiger partial charge in [-0.2, -0.15) is 0 Å². The van der Waals surface area contributed by atoms with Crippen LogP contribution in [0.25, 0.3) is 11.1 Å². The molecule has 3 heterocycles. The van der Waals surface area contributed by atoms with Gasteiger partial charge in [0.1, 0.15) is 0 Å². The quantitative estimate of drug-likeness (QED) is 0.905. The van der Waals surface area contributed by atoms with Crippen molar-refractivity contribution in [1.82, 2.24) is 20.8 Å². The third-order valence-electron chi connectivity index (χ3n) is 4.68. The first-order chi connectivity index (χ1) is 11.1. The normalized spacial score (nSPS) is 21.3. The van der Waals surface area contributed by atoms with E-state index >= 15 is 0 Å². The van der Waals surface area contributed by atoms with Gasteiger partial charge in [-0.25, -0.2) is 4.98 Å². The number of pyridine rings is 1. The molecule has 6 nitrogen and oxygen atoms in total. The summed E-state index contributed by atoms with van der Waals surface area (Å²) in [6.07, 6.45) is 3.24. The van der Waals surface area contributed by atoms with E-state index in [1.54, 1.807) is 0 Å². The van der Waals surface area contributed by atoms with E-state index in [0.717, 1.165) is 49.1 Å². The van der Waals surface area contributed by atoms with E-state index < -0.39 is 0 Å². The van der Waals surface area contributed by atoms with Crippen LogP contribution < -0.4 is 10.6 Å². The predicted molar refractivity (Wildman–Crippen MR) is 86.6 cm³/mol. The third kappa shape index (κ3) is 2.72. The predicted octanol–water partition coefficient (Wildman–Crippen LogP) is 2.32. The average Bonchev–Trinajstić information content (AvgIpc) is 3.08. The minimum Gasteiger partial charge on any atom is -0.348 e. The smallest absolute Gasteiger partial charge is 0.259 e. The zero-order chi connectivity index (χ0) is 16.0. The fourth-order valence-corrected chi connectivity index (χ4v) is 3.19. The van der Waals surface area contributed by atoms with Crippen molar-refractivity contribution in [3.8, 4) is 0 Å². The Hall–Kier alpha value is -1.95. The maximum Gasteiger partial charge on any atom is 0.259 e. The lowest BCUT2D eigenvalue weighted by Gasteiger charge is -2.13. The first kappa shape index (κ1) is 14.6. The Morgan fingerprint density at radius 3 is 2.87 bits per heavy atom. The summed E-state index contributed by atoms with van der Waals surface area (Å²) in [7, 11) is 0. The topological polar surface area (TPSA) is 80.0 Å². The van der Waals surface area contributed by atoms with Crippen molar-refractivity contribution in [1.29, 1.82) is 0 Å². The van der Waals surface area contributed by atoms with Crippen molar-refractivity contribution in [2.45, 2.75) is 51.0 Å². The largest absolute Gasteiger partial charge is 0.348 e. The summed E-state index contributed by atoms with van der Waals surface area (Å²) >= 11 is 0. The molecule has 4 rings (SSSR count). The summed E-state index contributed by atoms with van der Waals surface area (Å²) < 4.78 is 5.44. The van der Waals surface area contributed by atoms with Crippen LogP contribution in [0.3, 0.4) is 0 Å². The lowest BCUT2D eigenvalue weighted by Crippen LogP contribution is -2.36. The highest BCUT2D eigenvalue weighted by Crippen LogP contribution is 2.41. The summed E-state index contributed by atoms with van der Waals surface area (Å²) in [6, 6.07) is 2.14. The molecule has 2 aromatic rings. The molecule has 2 aromatic heterocycles. The van der Waals surface area contributed by atoms with Gasteiger partial charge >= 0.3 is 0 Å². The molecule has 1 saturated heterocycles. The number of fused-ring (bicyclic) bond motifs is 1. The minimum atomic E-state index is -0.0434. The fourth-order valence-electron chi connectivity index (χ4n) is 3.19. The van der Waals surface area contributed by atoms with Gasteiger partial charge < -0.3 is 15.2 Å². The second kappa shape index (κ2) is 5.60. The molecule has 0 radical (unpaired) electrons. The molecule has 2 N–H and O–H groups in total. The molecule has 0 spiro atoms. The van der Waals surface area contributed by atoms with Gasteiger partial charge in [-0.15, -0.1) is 0 Å². The van der Waals surface area contributed by atoms with Crippen LogP contribution >= 0.6 is 0 Å². The first-order valence-electron chi connectivity index (χ1n) is 8.45. The van der Waals surface area contributed by atoms with E-state index in [1.807, 2.05) is 6.07 Å². The number of hydrogen-bond donors (Lipinski definition) is 2. The van der Waals surface area contributed by atoms with Gasteiger partial charge in [-0.05, 0) is 37.8 Å². The lowest BCUT2D eigenvalue weighted by molar-refractivity contribution is 0.0941. The maximum atomic E-state index is 12.8. The van der Waals surface area contributed by atoms with Crippen LogP contribution in [0.5, 0.6) is 0 Å². The Labute approximate surface area is 135 Å². The van der Waals surface area contributed by atoms with Crippen LogP contribution in [-0.2, 0) is 0 Å². The molecule has 23 heavy (non-hydrogen) atoms. The van der Waals surface area contributed by atoms with Gasteiger partial charge in [0.15, 0.2) is 0 Å². The van der Waals surface area contributed by atoms with Crippen LogP contribution in [0.4, 0.5) is 0 Å². The Kier molecular flexibility index (Phi) is 3.56. The molecule has 122 valence electrons. The van der Waals surface area contributed by atoms with E-state index in [2.05, 4.69) is 34.6 Å². The van der Waals surface area contributed by atoms with Crippen molar-refractivity contribution in [3.05, 3.63) is 23.0 Å². The van der Waals surface area contributed by atoms with E-state index in [4.69, 9.17) is 4.52 Å². The third-order valence-corrected chi connectivity index (χ3v) is 4.68. The van der Waals surface area contributed by atoms with Gasteiger partial charge in [0, 0.05) is 24.2 Å². The zero-order valence-electron chi connectivity index (χ0n) is 13.6. The van der Waals surface area contributed by atoms with E-state index in [9.17, 15) is 4.79 Å². The number of hydrogen-bond acceptors (Lipinski definition) is 5. The molecule has 0 aromatic carbocycles. The van der Waals surface area contributed by atoms with E-state index in [-0.39, 0.29) is 17.9 Å². The van der Waals surface area contributed by atoms with Crippen LogP contribution in [0.2, 0.25) is 0 Å². The number of nitrogens with one attached hydrogen (secondary N) is 2. The molecular formula is C17H22N4O2. The Balaban J connectivity index is 1.77. The van der Waals surface area contributed by atoms with Gasteiger partial charge in [-0.1, -0.05) is 19.0 Å². The van der Waals surface area contributed by atoms with Gasteiger partial charge in [0.05, 0.1) is 16.6 Å². The number of aromatic nitrogens is 2. The van der Waals surface area contributed by atoms with Crippen molar-refractivity contribution < 1.29 is 9.32 Å². The van der Waals surface area contributed by atoms with Gasteiger partial charge in [0.25, 0.3) is 11.6 Å². The number of amides is 1. The van der Waals surface area contributed by atoms with Gasteiger partial charge in [0.2, 0.25) is 0 Å². The first-order valence-corrected chi connectivity index (χ1v) is 8.45. The Morgan fingerprint density at radius 1 is 1.39 bits per heavy atom. The molecular weight excluding hydrogens is 292 g/mol. The summed E-state index contributed by atoms with van der Waals surface area (Å²) in [5.74, 6) is 0.606. The van der Waals surface area contributed by atoms with Crippen LogP contribution in [-0.4, -0.2) is 35.2 Å². The summed E-state index contributed by atoms with van der Waals surface area (Å²) in [5, 5.41) is 11.3. The van der Waals surface area contributed by atoms with Crippen LogP contribution in [0.1, 0.15) is 66.7 Å². The maximum absolute atomic E-state index is 12.8. The Morgan fingerprint density at radius 2 is 2.22 bits per heavy atom. The van der Waals surface area contributed by atoms with Crippen LogP contribution in [0, 0.1) is 0 Å². The number of carbonyl (C=O) groups excluding carboxylic acids is 1. The molecule has 1 atom stereocenters. The molecule has 6 heteroatoms. The SMILES string of the molecule is CC(C)c1noc2nc(C3CC3)cc(C(=O)NC3CCNC3)c12. The summed E-state index contributed by atoms with van der Waals surface area (Å²) in [5.41, 5.74) is 2.92. The van der Waals surface area contributed by atoms with Gasteiger partial charge in [-0.3, -0.25) is 4.79 Å². The van der Waals surface area contributed by atoms with Crippen molar-refractivity contribution in [2.24, 2.45) is 0 Å². The van der Waals surface area contributed by atoms with Crippen molar-refractivity contribution >= 4 is 17.0 Å². The zero-order valence-corrected chi connectivity index (χ0v) is 13.6. The minimum absolute atomic E-state index is 0.0434. The second-order valence-electron chi connectivity index (χ2n) is 6.93. The molecule has 1 aliphatic heterocycles. The molecule has 1 unspecified atom stereocenters. The summed E-state index contributed by atoms with van der Waals surface area (Å²) in [4.78, 5) is 17.4. The van der Waals surface area contributed by atoms with E-state index in [0.29, 0.717) is 17.2 Å². The Bertz CT molecular complexity index is 742. The molecule has 2 aliphatic rings. The lowest BCUT2D eigenvalue weighted by atomic mass is 10.0. The second-order valence-corrected chi connectivity index (χ2v) is 6.93. The highest BCUT2D eigenvalue weighted by Gasteiger charge is 2.30. The number of nitrogens with zero attached hydrogens (tertiary/aromatic N) is 2. The molecule has 1 saturated carbocycles. The van der Waals surface area contributed by atoms with Crippen molar-refractivity contribution in [3.63, 3.8) is 0 Å². The molecule has 1 amide bonds. The highest BCUT2D eigenvalue weighted by atomic mass is 16.5. The monoisotopic (exact) mass is 314 g/mol. The molecule has 1 aliphatic carbocycles. The summed E-state index contributed by atoms with van der Waals surface area (Å²) in [6.45, 7) is 5.88.